The van der Waals surface area contributed by atoms with Crippen LogP contribution in [-0.2, 0) is 15.8 Å². The fourth-order valence-corrected chi connectivity index (χ4v) is 1.81. The molecule has 0 unspecified atom stereocenters. The highest BCUT2D eigenvalue weighted by Gasteiger charge is 2.51. The molecule has 1 aliphatic heterocycles. The third-order valence-electron chi connectivity index (χ3n) is 3.55. The zero-order chi connectivity index (χ0) is 12.7. The molecule has 1 aromatic heterocycles. The second kappa shape index (κ2) is 4.00. The quantitative estimate of drug-likeness (QED) is 0.729. The van der Waals surface area contributed by atoms with E-state index in [9.17, 15) is 4.79 Å². The summed E-state index contributed by atoms with van der Waals surface area (Å²) in [5.41, 5.74) is -0.742. The molecule has 1 aromatic rings. The minimum atomic E-state index is -0.375. The van der Waals surface area contributed by atoms with Gasteiger partial charge in [0, 0.05) is 12.3 Å². The summed E-state index contributed by atoms with van der Waals surface area (Å²) in [5, 5.41) is 0. The molecule has 0 amide bonds. The van der Waals surface area contributed by atoms with Gasteiger partial charge in [-0.15, -0.1) is 0 Å². The van der Waals surface area contributed by atoms with Crippen molar-refractivity contribution < 1.29 is 9.31 Å². The van der Waals surface area contributed by atoms with Crippen LogP contribution < -0.4 is 5.56 Å². The van der Waals surface area contributed by atoms with E-state index < -0.39 is 0 Å². The number of rotatable bonds is 2. The van der Waals surface area contributed by atoms with E-state index in [1.807, 2.05) is 33.8 Å². The van der Waals surface area contributed by atoms with Gasteiger partial charge in [0.2, 0.25) is 5.56 Å². The van der Waals surface area contributed by atoms with Crippen LogP contribution in [0.4, 0.5) is 0 Å². The minimum absolute atomic E-state index is 0.0396. The lowest BCUT2D eigenvalue weighted by Crippen LogP contribution is -2.41. The Bertz CT molecular complexity index is 451. The molecule has 0 bridgehead atoms. The van der Waals surface area contributed by atoms with E-state index in [1.54, 1.807) is 16.8 Å². The van der Waals surface area contributed by atoms with Crippen LogP contribution in [0.2, 0.25) is 0 Å². The SMILES string of the molecule is CC1(C)OB(Cn2ccccc2=O)OC1(C)C. The number of hydrogen-bond donors (Lipinski definition) is 0. The Morgan fingerprint density at radius 3 is 2.29 bits per heavy atom. The molecule has 0 N–H and O–H groups in total. The maximum absolute atomic E-state index is 11.6. The first-order valence-electron chi connectivity index (χ1n) is 5.83. The maximum atomic E-state index is 11.6. The molecular weight excluding hydrogens is 217 g/mol. The van der Waals surface area contributed by atoms with Crippen LogP contribution in [-0.4, -0.2) is 22.9 Å². The van der Waals surface area contributed by atoms with Gasteiger partial charge < -0.3 is 13.9 Å². The molecule has 0 atom stereocenters. The number of hydrogen-bond acceptors (Lipinski definition) is 3. The second-order valence-electron chi connectivity index (χ2n) is 5.38. The molecule has 0 spiro atoms. The lowest BCUT2D eigenvalue weighted by molar-refractivity contribution is 0.00578. The first kappa shape index (κ1) is 12.4. The number of aromatic nitrogens is 1. The summed E-state index contributed by atoms with van der Waals surface area (Å²) >= 11 is 0. The summed E-state index contributed by atoms with van der Waals surface area (Å²) in [6.45, 7) is 8.00. The van der Waals surface area contributed by atoms with Gasteiger partial charge >= 0.3 is 7.12 Å². The molecule has 1 aliphatic rings. The highest BCUT2D eigenvalue weighted by atomic mass is 16.7. The van der Waals surface area contributed by atoms with Gasteiger partial charge in [-0.3, -0.25) is 4.79 Å². The molecule has 0 radical (unpaired) electrons. The van der Waals surface area contributed by atoms with Gasteiger partial charge in [-0.2, -0.15) is 0 Å². The van der Waals surface area contributed by atoms with Crippen LogP contribution in [0.25, 0.3) is 0 Å². The van der Waals surface area contributed by atoms with Crippen LogP contribution in [0, 0.1) is 0 Å². The molecule has 92 valence electrons. The van der Waals surface area contributed by atoms with Crippen molar-refractivity contribution in [2.75, 3.05) is 0 Å². The zero-order valence-corrected chi connectivity index (χ0v) is 10.8. The molecule has 0 saturated carbocycles. The van der Waals surface area contributed by atoms with Crippen molar-refractivity contribution in [3.05, 3.63) is 34.7 Å². The standard InChI is InChI=1S/C12H18BNO3/c1-11(2)12(3,4)17-13(16-11)9-14-8-6-5-7-10(14)15/h5-8H,9H2,1-4H3. The van der Waals surface area contributed by atoms with Crippen molar-refractivity contribution in [2.45, 2.75) is 45.3 Å². The van der Waals surface area contributed by atoms with E-state index in [0.29, 0.717) is 6.44 Å². The lowest BCUT2D eigenvalue weighted by atomic mass is 9.90. The van der Waals surface area contributed by atoms with Gasteiger partial charge in [0.25, 0.3) is 0 Å². The zero-order valence-electron chi connectivity index (χ0n) is 10.8. The van der Waals surface area contributed by atoms with E-state index in [1.165, 1.54) is 6.07 Å². The van der Waals surface area contributed by atoms with Crippen LogP contribution in [0.15, 0.2) is 29.2 Å². The Kier molecular flexibility index (Phi) is 2.91. The van der Waals surface area contributed by atoms with Crippen molar-refractivity contribution in [3.8, 4) is 0 Å². The summed E-state index contributed by atoms with van der Waals surface area (Å²) < 4.78 is 13.3. The second-order valence-corrected chi connectivity index (χ2v) is 5.38. The predicted octanol–water partition coefficient (Wildman–Crippen LogP) is 1.48. The van der Waals surface area contributed by atoms with E-state index in [4.69, 9.17) is 9.31 Å². The van der Waals surface area contributed by atoms with Crippen molar-refractivity contribution >= 4 is 7.12 Å². The highest BCUT2D eigenvalue weighted by molar-refractivity contribution is 6.44. The van der Waals surface area contributed by atoms with E-state index in [0.717, 1.165) is 0 Å². The van der Waals surface area contributed by atoms with Crippen LogP contribution in [0.5, 0.6) is 0 Å². The van der Waals surface area contributed by atoms with E-state index in [-0.39, 0.29) is 23.9 Å². The first-order chi connectivity index (χ1) is 7.82. The fourth-order valence-electron chi connectivity index (χ4n) is 1.81. The Hall–Kier alpha value is -1.07. The summed E-state index contributed by atoms with van der Waals surface area (Å²) in [5.74, 6) is 0. The van der Waals surface area contributed by atoms with E-state index >= 15 is 0 Å². The average Bonchev–Trinajstić information content (AvgIpc) is 2.39. The Morgan fingerprint density at radius 1 is 1.18 bits per heavy atom. The normalized spacial score (nSPS) is 21.8. The van der Waals surface area contributed by atoms with Gasteiger partial charge in [0.1, 0.15) is 0 Å². The van der Waals surface area contributed by atoms with Gasteiger partial charge in [0.15, 0.2) is 0 Å². The largest absolute Gasteiger partial charge is 0.479 e. The lowest BCUT2D eigenvalue weighted by Gasteiger charge is -2.32. The molecule has 4 nitrogen and oxygen atoms in total. The highest BCUT2D eigenvalue weighted by Crippen LogP contribution is 2.36. The van der Waals surface area contributed by atoms with Crippen molar-refractivity contribution in [3.63, 3.8) is 0 Å². The molecule has 0 aliphatic carbocycles. The molecule has 17 heavy (non-hydrogen) atoms. The predicted molar refractivity (Wildman–Crippen MR) is 66.8 cm³/mol. The van der Waals surface area contributed by atoms with Crippen molar-refractivity contribution in [1.29, 1.82) is 0 Å². The third kappa shape index (κ3) is 2.30. The van der Waals surface area contributed by atoms with Crippen LogP contribution in [0.1, 0.15) is 27.7 Å². The molecular formula is C12H18BNO3. The molecule has 0 aromatic carbocycles. The number of pyridine rings is 1. The van der Waals surface area contributed by atoms with Crippen LogP contribution in [0.3, 0.4) is 0 Å². The summed E-state index contributed by atoms with van der Waals surface area (Å²) in [4.78, 5) is 11.6. The topological polar surface area (TPSA) is 40.5 Å². The molecule has 2 rings (SSSR count). The van der Waals surface area contributed by atoms with Gasteiger partial charge in [-0.25, -0.2) is 0 Å². The van der Waals surface area contributed by atoms with Crippen molar-refractivity contribution in [1.82, 2.24) is 4.57 Å². The summed E-state index contributed by atoms with van der Waals surface area (Å²) in [6.07, 6.45) is 2.17. The van der Waals surface area contributed by atoms with Crippen LogP contribution >= 0.6 is 0 Å². The van der Waals surface area contributed by atoms with Gasteiger partial charge in [-0.1, -0.05) is 6.07 Å². The average molecular weight is 235 g/mol. The van der Waals surface area contributed by atoms with Gasteiger partial charge in [-0.05, 0) is 33.8 Å². The molecule has 1 saturated heterocycles. The molecule has 2 heterocycles. The number of nitrogens with zero attached hydrogens (tertiary/aromatic N) is 1. The monoisotopic (exact) mass is 235 g/mol. The maximum Gasteiger partial charge on any atom is 0.479 e. The summed E-state index contributed by atoms with van der Waals surface area (Å²) in [7, 11) is -0.375. The smallest absolute Gasteiger partial charge is 0.402 e. The molecule has 5 heteroatoms. The Labute approximate surface area is 102 Å². The Balaban J connectivity index is 2.14. The van der Waals surface area contributed by atoms with Gasteiger partial charge in [0.05, 0.1) is 17.6 Å². The van der Waals surface area contributed by atoms with E-state index in [2.05, 4.69) is 0 Å². The molecule has 1 fully saturated rings. The first-order valence-corrected chi connectivity index (χ1v) is 5.83. The summed E-state index contributed by atoms with van der Waals surface area (Å²) in [6, 6.07) is 5.08. The van der Waals surface area contributed by atoms with Crippen molar-refractivity contribution in [2.24, 2.45) is 0 Å². The third-order valence-corrected chi connectivity index (χ3v) is 3.55. The Morgan fingerprint density at radius 2 is 1.76 bits per heavy atom. The fraction of sp³-hybridized carbons (Fsp3) is 0.583. The minimum Gasteiger partial charge on any atom is -0.402 e.